The molecule has 0 amide bonds. The Hall–Kier alpha value is -1.85. The largest absolute Gasteiger partial charge is 0.368 e. The van der Waals surface area contributed by atoms with Crippen LogP contribution in [0, 0.1) is 0 Å². The lowest BCUT2D eigenvalue weighted by Crippen LogP contribution is -2.08. The molecule has 1 heterocycles. The molecule has 1 aliphatic carbocycles. The number of nitrogens with zero attached hydrogens (tertiary/aromatic N) is 3. The van der Waals surface area contributed by atoms with Gasteiger partial charge in [0.15, 0.2) is 5.82 Å². The minimum atomic E-state index is 0.354. The number of allylic oxidation sites excluding steroid dienone is 1. The molecule has 0 spiro atoms. The van der Waals surface area contributed by atoms with Gasteiger partial charge in [0.25, 0.3) is 0 Å². The summed E-state index contributed by atoms with van der Waals surface area (Å²) in [6.07, 6.45) is 10.0. The second-order valence-corrected chi connectivity index (χ2v) is 6.49. The lowest BCUT2D eigenvalue weighted by molar-refractivity contribution is 0.679. The van der Waals surface area contributed by atoms with Crippen molar-refractivity contribution in [1.82, 2.24) is 15.2 Å². The van der Waals surface area contributed by atoms with Gasteiger partial charge in [0.2, 0.25) is 5.95 Å². The Kier molecular flexibility index (Phi) is 5.88. The summed E-state index contributed by atoms with van der Waals surface area (Å²) in [4.78, 5) is 4.40. The average molecular weight is 364 g/mol. The topological polar surface area (TPSA) is 62.7 Å². The molecule has 126 valence electrons. The van der Waals surface area contributed by atoms with Crippen LogP contribution in [0.15, 0.2) is 36.0 Å². The third-order valence-corrected chi connectivity index (χ3v) is 4.53. The number of anilines is 3. The molecule has 1 aliphatic rings. The maximum absolute atomic E-state index is 6.14. The number of hydrogen-bond donors (Lipinski definition) is 2. The monoisotopic (exact) mass is 363 g/mol. The number of halogens is 2. The van der Waals surface area contributed by atoms with Gasteiger partial charge in [0.1, 0.15) is 0 Å². The lowest BCUT2D eigenvalue weighted by atomic mass is 9.97. The highest BCUT2D eigenvalue weighted by atomic mass is 35.5. The summed E-state index contributed by atoms with van der Waals surface area (Å²) in [6.45, 7) is 0.830. The van der Waals surface area contributed by atoms with Crippen molar-refractivity contribution in [2.75, 3.05) is 17.2 Å². The van der Waals surface area contributed by atoms with Crippen molar-refractivity contribution in [1.29, 1.82) is 0 Å². The number of para-hydroxylation sites is 1. The van der Waals surface area contributed by atoms with E-state index in [-0.39, 0.29) is 0 Å². The molecule has 3 rings (SSSR count). The molecule has 2 N–H and O–H groups in total. The zero-order valence-corrected chi connectivity index (χ0v) is 14.7. The van der Waals surface area contributed by atoms with Crippen LogP contribution in [0.2, 0.25) is 10.0 Å². The Labute approximate surface area is 151 Å². The number of benzene rings is 1. The molecule has 0 saturated carbocycles. The second kappa shape index (κ2) is 8.31. The van der Waals surface area contributed by atoms with E-state index in [0.717, 1.165) is 13.0 Å². The number of hydrogen-bond acceptors (Lipinski definition) is 5. The van der Waals surface area contributed by atoms with Crippen LogP contribution in [-0.4, -0.2) is 21.7 Å². The molecule has 0 bridgehead atoms. The molecule has 0 fully saturated rings. The standard InChI is InChI=1S/C17H19Cl2N5/c18-13-7-4-8-14(19)16(13)23-17-22-15(11-21-24-17)20-10-9-12-5-2-1-3-6-12/h4-5,7-8,11H,1-3,6,9-10H2,(H2,20,22,23,24). The predicted octanol–water partition coefficient (Wildman–Crippen LogP) is 5.22. The summed E-state index contributed by atoms with van der Waals surface area (Å²) >= 11 is 12.3. The molecule has 0 aliphatic heterocycles. The Morgan fingerprint density at radius 2 is 1.96 bits per heavy atom. The normalized spacial score (nSPS) is 14.2. The van der Waals surface area contributed by atoms with E-state index in [4.69, 9.17) is 23.2 Å². The first-order valence-corrected chi connectivity index (χ1v) is 8.80. The van der Waals surface area contributed by atoms with Gasteiger partial charge in [-0.2, -0.15) is 10.1 Å². The fraction of sp³-hybridized carbons (Fsp3) is 0.353. The summed E-state index contributed by atoms with van der Waals surface area (Å²) in [6, 6.07) is 5.29. The third-order valence-electron chi connectivity index (χ3n) is 3.90. The molecular formula is C17H19Cl2N5. The van der Waals surface area contributed by atoms with Gasteiger partial charge in [-0.1, -0.05) is 40.9 Å². The molecular weight excluding hydrogens is 345 g/mol. The fourth-order valence-electron chi connectivity index (χ4n) is 2.65. The van der Waals surface area contributed by atoms with Crippen molar-refractivity contribution in [2.45, 2.75) is 32.1 Å². The quantitative estimate of drug-likeness (QED) is 0.688. The Bertz CT molecular complexity index is 712. The summed E-state index contributed by atoms with van der Waals surface area (Å²) in [5.41, 5.74) is 2.10. The van der Waals surface area contributed by atoms with Crippen LogP contribution in [0.25, 0.3) is 0 Å². The van der Waals surface area contributed by atoms with Gasteiger partial charge in [0.05, 0.1) is 21.9 Å². The van der Waals surface area contributed by atoms with Crippen LogP contribution in [0.3, 0.4) is 0 Å². The maximum Gasteiger partial charge on any atom is 0.249 e. The van der Waals surface area contributed by atoms with Crippen LogP contribution in [0.1, 0.15) is 32.1 Å². The zero-order chi connectivity index (χ0) is 16.8. The molecule has 0 saturated heterocycles. The third kappa shape index (κ3) is 4.58. The SMILES string of the molecule is Clc1cccc(Cl)c1Nc1nncc(NCCC2=CCCCC2)n1. The van der Waals surface area contributed by atoms with Crippen molar-refractivity contribution < 1.29 is 0 Å². The molecule has 0 radical (unpaired) electrons. The minimum Gasteiger partial charge on any atom is -0.368 e. The minimum absolute atomic E-state index is 0.354. The van der Waals surface area contributed by atoms with E-state index < -0.39 is 0 Å². The fourth-order valence-corrected chi connectivity index (χ4v) is 3.15. The van der Waals surface area contributed by atoms with Crippen molar-refractivity contribution in [2.24, 2.45) is 0 Å². The molecule has 5 nitrogen and oxygen atoms in total. The highest BCUT2D eigenvalue weighted by Gasteiger charge is 2.08. The molecule has 7 heteroatoms. The Morgan fingerprint density at radius 1 is 1.12 bits per heavy atom. The van der Waals surface area contributed by atoms with Gasteiger partial charge in [0, 0.05) is 6.54 Å². The van der Waals surface area contributed by atoms with Crippen LogP contribution in [0.4, 0.5) is 17.5 Å². The van der Waals surface area contributed by atoms with Crippen LogP contribution in [-0.2, 0) is 0 Å². The molecule has 1 aromatic heterocycles. The lowest BCUT2D eigenvalue weighted by Gasteiger charge is -2.13. The highest BCUT2D eigenvalue weighted by Crippen LogP contribution is 2.31. The first-order valence-electron chi connectivity index (χ1n) is 8.05. The van der Waals surface area contributed by atoms with E-state index in [2.05, 4.69) is 31.9 Å². The van der Waals surface area contributed by atoms with Crippen LogP contribution >= 0.6 is 23.2 Å². The van der Waals surface area contributed by atoms with Crippen molar-refractivity contribution in [3.63, 3.8) is 0 Å². The van der Waals surface area contributed by atoms with Crippen molar-refractivity contribution in [3.05, 3.63) is 46.1 Å². The molecule has 2 aromatic rings. The molecule has 1 aromatic carbocycles. The zero-order valence-electron chi connectivity index (χ0n) is 13.2. The molecule has 0 atom stereocenters. The average Bonchev–Trinajstić information content (AvgIpc) is 2.60. The Balaban J connectivity index is 1.60. The van der Waals surface area contributed by atoms with Gasteiger partial charge < -0.3 is 10.6 Å². The van der Waals surface area contributed by atoms with Crippen molar-refractivity contribution in [3.8, 4) is 0 Å². The number of rotatable bonds is 6. The van der Waals surface area contributed by atoms with E-state index in [1.807, 2.05) is 0 Å². The smallest absolute Gasteiger partial charge is 0.249 e. The van der Waals surface area contributed by atoms with E-state index in [1.165, 1.54) is 31.3 Å². The maximum atomic E-state index is 6.14. The van der Waals surface area contributed by atoms with Gasteiger partial charge >= 0.3 is 0 Å². The van der Waals surface area contributed by atoms with Gasteiger partial charge in [-0.3, -0.25) is 0 Å². The number of nitrogens with one attached hydrogen (secondary N) is 2. The van der Waals surface area contributed by atoms with Gasteiger partial charge in [-0.25, -0.2) is 0 Å². The highest BCUT2D eigenvalue weighted by molar-refractivity contribution is 6.39. The predicted molar refractivity (Wildman–Crippen MR) is 99.2 cm³/mol. The molecule has 0 unspecified atom stereocenters. The van der Waals surface area contributed by atoms with Crippen LogP contribution < -0.4 is 10.6 Å². The van der Waals surface area contributed by atoms with E-state index >= 15 is 0 Å². The summed E-state index contributed by atoms with van der Waals surface area (Å²) in [7, 11) is 0. The molecule has 24 heavy (non-hydrogen) atoms. The summed E-state index contributed by atoms with van der Waals surface area (Å²) in [5, 5.41) is 15.3. The number of aromatic nitrogens is 3. The first kappa shape index (κ1) is 17.0. The van der Waals surface area contributed by atoms with E-state index in [0.29, 0.717) is 27.5 Å². The summed E-state index contributed by atoms with van der Waals surface area (Å²) in [5.74, 6) is 1.03. The van der Waals surface area contributed by atoms with E-state index in [9.17, 15) is 0 Å². The van der Waals surface area contributed by atoms with Crippen LogP contribution in [0.5, 0.6) is 0 Å². The second-order valence-electron chi connectivity index (χ2n) is 5.67. The van der Waals surface area contributed by atoms with Gasteiger partial charge in [-0.15, -0.1) is 5.10 Å². The Morgan fingerprint density at radius 3 is 2.71 bits per heavy atom. The van der Waals surface area contributed by atoms with Gasteiger partial charge in [-0.05, 0) is 44.2 Å². The summed E-state index contributed by atoms with van der Waals surface area (Å²) < 4.78 is 0. The first-order chi connectivity index (χ1) is 11.7. The van der Waals surface area contributed by atoms with Crippen molar-refractivity contribution >= 4 is 40.7 Å². The van der Waals surface area contributed by atoms with E-state index in [1.54, 1.807) is 24.4 Å².